The highest BCUT2D eigenvalue weighted by Gasteiger charge is 2.27. The Labute approximate surface area is 183 Å². The second-order valence-corrected chi connectivity index (χ2v) is 8.41. The number of piperidine rings is 1. The van der Waals surface area contributed by atoms with Gasteiger partial charge in [0.1, 0.15) is 5.01 Å². The summed E-state index contributed by atoms with van der Waals surface area (Å²) in [4.78, 5) is 26.6. The Morgan fingerprint density at radius 2 is 1.60 bits per heavy atom. The molecule has 0 unspecified atom stereocenters. The van der Waals surface area contributed by atoms with Gasteiger partial charge in [-0.1, -0.05) is 41.1 Å². The largest absolute Gasteiger partial charge is 0.324 e. The van der Waals surface area contributed by atoms with Crippen LogP contribution in [0.15, 0.2) is 54.6 Å². The van der Waals surface area contributed by atoms with Crippen molar-refractivity contribution in [3.8, 4) is 0 Å². The minimum Gasteiger partial charge on any atom is -0.324 e. The minimum absolute atomic E-state index is 0.129. The zero-order chi connectivity index (χ0) is 20.9. The molecule has 154 valence electrons. The molecule has 7 nitrogen and oxygen atoms in total. The molecule has 1 saturated heterocycles. The lowest BCUT2D eigenvalue weighted by Crippen LogP contribution is -2.40. The van der Waals surface area contributed by atoms with Crippen molar-refractivity contribution >= 4 is 46.3 Å². The number of likely N-dealkylation sites (tertiary alicyclic amines) is 1. The second kappa shape index (κ2) is 9.23. The van der Waals surface area contributed by atoms with Crippen LogP contribution in [-0.4, -0.2) is 40.1 Å². The van der Waals surface area contributed by atoms with Gasteiger partial charge in [0.2, 0.25) is 5.01 Å². The van der Waals surface area contributed by atoms with E-state index < -0.39 is 0 Å². The van der Waals surface area contributed by atoms with Gasteiger partial charge in [-0.05, 0) is 49.2 Å². The van der Waals surface area contributed by atoms with Crippen LogP contribution in [0.4, 0.5) is 16.2 Å². The zero-order valence-electron chi connectivity index (χ0n) is 16.0. The number of aromatic nitrogens is 2. The van der Waals surface area contributed by atoms with Crippen LogP contribution in [-0.2, 0) is 0 Å². The van der Waals surface area contributed by atoms with Gasteiger partial charge in [0, 0.05) is 35.4 Å². The Hall–Kier alpha value is -2.97. The van der Waals surface area contributed by atoms with Crippen LogP contribution in [0.25, 0.3) is 0 Å². The van der Waals surface area contributed by atoms with Gasteiger partial charge >= 0.3 is 6.03 Å². The molecule has 3 aromatic rings. The molecular weight excluding hydrogens is 422 g/mol. The molecule has 0 spiro atoms. The number of nitrogens with one attached hydrogen (secondary N) is 2. The lowest BCUT2D eigenvalue weighted by Gasteiger charge is -2.30. The van der Waals surface area contributed by atoms with E-state index in [2.05, 4.69) is 20.8 Å². The van der Waals surface area contributed by atoms with Crippen molar-refractivity contribution in [1.29, 1.82) is 0 Å². The molecule has 2 aromatic carbocycles. The number of nitrogens with zero attached hydrogens (tertiary/aromatic N) is 3. The Kier molecular flexibility index (Phi) is 6.25. The van der Waals surface area contributed by atoms with Gasteiger partial charge in [-0.3, -0.25) is 4.79 Å². The zero-order valence-corrected chi connectivity index (χ0v) is 17.6. The molecule has 9 heteroatoms. The number of urea groups is 1. The summed E-state index contributed by atoms with van der Waals surface area (Å²) < 4.78 is 0. The normalized spacial score (nSPS) is 14.4. The summed E-state index contributed by atoms with van der Waals surface area (Å²) in [5.41, 5.74) is 1.43. The fourth-order valence-corrected chi connectivity index (χ4v) is 4.30. The predicted molar refractivity (Wildman–Crippen MR) is 118 cm³/mol. The van der Waals surface area contributed by atoms with Crippen molar-refractivity contribution in [2.24, 2.45) is 0 Å². The van der Waals surface area contributed by atoms with E-state index in [0.29, 0.717) is 28.8 Å². The molecule has 1 aromatic heterocycles. The van der Waals surface area contributed by atoms with Crippen LogP contribution in [0.2, 0.25) is 5.02 Å². The van der Waals surface area contributed by atoms with Crippen LogP contribution in [0.3, 0.4) is 0 Å². The lowest BCUT2D eigenvalue weighted by molar-refractivity contribution is 0.102. The Morgan fingerprint density at radius 3 is 2.30 bits per heavy atom. The summed E-state index contributed by atoms with van der Waals surface area (Å²) in [7, 11) is 0. The maximum absolute atomic E-state index is 12.5. The smallest absolute Gasteiger partial charge is 0.321 e. The molecule has 30 heavy (non-hydrogen) atoms. The number of halogens is 1. The van der Waals surface area contributed by atoms with Crippen molar-refractivity contribution in [2.45, 2.75) is 18.8 Å². The molecule has 2 heterocycles. The Balaban J connectivity index is 1.30. The first kappa shape index (κ1) is 20.3. The molecule has 1 fully saturated rings. The van der Waals surface area contributed by atoms with Gasteiger partial charge in [-0.15, -0.1) is 10.2 Å². The van der Waals surface area contributed by atoms with E-state index in [1.165, 1.54) is 11.3 Å². The van der Waals surface area contributed by atoms with Crippen LogP contribution >= 0.6 is 22.9 Å². The van der Waals surface area contributed by atoms with E-state index >= 15 is 0 Å². The van der Waals surface area contributed by atoms with E-state index in [9.17, 15) is 9.59 Å². The third-order valence-electron chi connectivity index (χ3n) is 4.89. The number of carbonyl (C=O) groups excluding carboxylic acids is 2. The lowest BCUT2D eigenvalue weighted by atomic mass is 9.98. The second-order valence-electron chi connectivity index (χ2n) is 6.96. The third-order valence-corrected chi connectivity index (χ3v) is 6.23. The summed E-state index contributed by atoms with van der Waals surface area (Å²) in [6.07, 6.45) is 1.56. The number of rotatable bonds is 4. The van der Waals surface area contributed by atoms with Crippen LogP contribution < -0.4 is 10.6 Å². The highest BCUT2D eigenvalue weighted by atomic mass is 35.5. The molecule has 2 N–H and O–H groups in total. The van der Waals surface area contributed by atoms with Gasteiger partial charge in [-0.2, -0.15) is 0 Å². The van der Waals surface area contributed by atoms with Gasteiger partial charge in [0.15, 0.2) is 0 Å². The summed E-state index contributed by atoms with van der Waals surface area (Å²) in [6, 6.07) is 16.2. The quantitative estimate of drug-likeness (QED) is 0.605. The number of para-hydroxylation sites is 1. The van der Waals surface area contributed by atoms with E-state index in [1.807, 2.05) is 30.3 Å². The third kappa shape index (κ3) is 4.95. The maximum Gasteiger partial charge on any atom is 0.321 e. The predicted octanol–water partition coefficient (Wildman–Crippen LogP) is 4.86. The number of benzene rings is 2. The van der Waals surface area contributed by atoms with Gasteiger partial charge < -0.3 is 15.5 Å². The Bertz CT molecular complexity index is 1020. The number of anilines is 2. The average Bonchev–Trinajstić information content (AvgIpc) is 3.27. The molecule has 4 rings (SSSR count). The van der Waals surface area contributed by atoms with Gasteiger partial charge in [0.25, 0.3) is 5.91 Å². The SMILES string of the molecule is O=C(Nc1ccccc1)c1nnc(C2CCN(C(=O)Nc3ccc(Cl)cc3)CC2)s1. The number of amides is 3. The molecule has 1 aliphatic heterocycles. The van der Waals surface area contributed by atoms with Crippen LogP contribution in [0.5, 0.6) is 0 Å². The number of hydrogen-bond donors (Lipinski definition) is 2. The van der Waals surface area contributed by atoms with E-state index in [0.717, 1.165) is 23.5 Å². The highest BCUT2D eigenvalue weighted by Crippen LogP contribution is 2.30. The molecule has 0 radical (unpaired) electrons. The van der Waals surface area contributed by atoms with E-state index in [-0.39, 0.29) is 17.9 Å². The molecule has 0 atom stereocenters. The van der Waals surface area contributed by atoms with Crippen LogP contribution in [0.1, 0.15) is 33.6 Å². The topological polar surface area (TPSA) is 87.2 Å². The van der Waals surface area contributed by atoms with Crippen molar-refractivity contribution in [3.05, 3.63) is 69.6 Å². The molecule has 3 amide bonds. The first-order chi connectivity index (χ1) is 14.6. The fourth-order valence-electron chi connectivity index (χ4n) is 3.26. The van der Waals surface area contributed by atoms with Crippen molar-refractivity contribution in [3.63, 3.8) is 0 Å². The van der Waals surface area contributed by atoms with E-state index in [4.69, 9.17) is 11.6 Å². The van der Waals surface area contributed by atoms with Crippen LogP contribution in [0, 0.1) is 0 Å². The highest BCUT2D eigenvalue weighted by molar-refractivity contribution is 7.13. The van der Waals surface area contributed by atoms with Gasteiger partial charge in [-0.25, -0.2) is 4.79 Å². The molecule has 0 bridgehead atoms. The van der Waals surface area contributed by atoms with Crippen molar-refractivity contribution < 1.29 is 9.59 Å². The number of hydrogen-bond acceptors (Lipinski definition) is 5. The Morgan fingerprint density at radius 1 is 0.933 bits per heavy atom. The summed E-state index contributed by atoms with van der Waals surface area (Å²) >= 11 is 7.19. The maximum atomic E-state index is 12.5. The van der Waals surface area contributed by atoms with Crippen molar-refractivity contribution in [1.82, 2.24) is 15.1 Å². The summed E-state index contributed by atoms with van der Waals surface area (Å²) in [5, 5.41) is 15.8. The summed E-state index contributed by atoms with van der Waals surface area (Å²) in [6.45, 7) is 1.24. The molecule has 1 aliphatic rings. The standard InChI is InChI=1S/C21H20ClN5O2S/c22-15-6-8-17(9-7-15)24-21(29)27-12-10-14(11-13-27)19-25-26-20(30-19)18(28)23-16-4-2-1-3-5-16/h1-9,14H,10-13H2,(H,23,28)(H,24,29). The monoisotopic (exact) mass is 441 g/mol. The molecule has 0 aliphatic carbocycles. The summed E-state index contributed by atoms with van der Waals surface area (Å²) in [5.74, 6) is -0.0647. The first-order valence-electron chi connectivity index (χ1n) is 9.60. The minimum atomic E-state index is -0.260. The fraction of sp³-hybridized carbons (Fsp3) is 0.238. The number of carbonyl (C=O) groups is 2. The van der Waals surface area contributed by atoms with Crippen molar-refractivity contribution in [2.75, 3.05) is 23.7 Å². The average molecular weight is 442 g/mol. The molecule has 0 saturated carbocycles. The van der Waals surface area contributed by atoms with Gasteiger partial charge in [0.05, 0.1) is 0 Å². The van der Waals surface area contributed by atoms with E-state index in [1.54, 1.807) is 29.2 Å². The molecular formula is C21H20ClN5O2S. The first-order valence-corrected chi connectivity index (χ1v) is 10.8.